The van der Waals surface area contributed by atoms with Crippen LogP contribution in [0.15, 0.2) is 5.29 Å². The van der Waals surface area contributed by atoms with Crippen LogP contribution < -0.4 is 5.11 Å². The number of nitroso groups, excluding NO2 is 1. The monoisotopic (exact) mass is 291 g/mol. The van der Waals surface area contributed by atoms with Crippen LogP contribution in [0.2, 0.25) is 39.3 Å². The SMILES string of the molecule is C[Si](C)(C)OCCN(N=O)C(C(=O)[O-])[Si](C)(C)C. The molecule has 0 saturated carbocycles. The van der Waals surface area contributed by atoms with Gasteiger partial charge in [-0.15, -0.1) is 4.91 Å². The first-order chi connectivity index (χ1) is 7.99. The Labute approximate surface area is 110 Å². The van der Waals surface area contributed by atoms with Gasteiger partial charge in [0.1, 0.15) is 0 Å². The van der Waals surface area contributed by atoms with Crippen molar-refractivity contribution in [2.75, 3.05) is 13.2 Å². The fraction of sp³-hybridized carbons (Fsp3) is 0.900. The molecular formula is C10H23N2O4Si2-. The molecule has 0 spiro atoms. The van der Waals surface area contributed by atoms with Crippen LogP contribution in [0.3, 0.4) is 0 Å². The Morgan fingerprint density at radius 3 is 2.06 bits per heavy atom. The third kappa shape index (κ3) is 6.27. The summed E-state index contributed by atoms with van der Waals surface area (Å²) in [6, 6.07) is 0. The first-order valence-electron chi connectivity index (χ1n) is 5.94. The van der Waals surface area contributed by atoms with Crippen LogP contribution in [0.4, 0.5) is 0 Å². The minimum Gasteiger partial charge on any atom is -0.548 e. The van der Waals surface area contributed by atoms with Gasteiger partial charge in [0, 0.05) is 0 Å². The zero-order chi connectivity index (χ0) is 14.6. The lowest BCUT2D eigenvalue weighted by Crippen LogP contribution is -2.59. The Morgan fingerprint density at radius 2 is 1.78 bits per heavy atom. The molecule has 1 atom stereocenters. The Morgan fingerprint density at radius 1 is 1.28 bits per heavy atom. The molecule has 8 heteroatoms. The Bertz CT molecular complexity index is 299. The smallest absolute Gasteiger partial charge is 0.183 e. The first kappa shape index (κ1) is 17.3. The molecule has 1 unspecified atom stereocenters. The van der Waals surface area contributed by atoms with Crippen molar-refractivity contribution in [2.24, 2.45) is 5.29 Å². The van der Waals surface area contributed by atoms with E-state index in [-0.39, 0.29) is 6.54 Å². The molecule has 18 heavy (non-hydrogen) atoms. The molecule has 6 nitrogen and oxygen atoms in total. The molecular weight excluding hydrogens is 268 g/mol. The third-order valence-corrected chi connectivity index (χ3v) is 5.55. The van der Waals surface area contributed by atoms with Crippen LogP contribution in [0.1, 0.15) is 0 Å². The second-order valence-corrected chi connectivity index (χ2v) is 16.1. The molecule has 0 bridgehead atoms. The minimum absolute atomic E-state index is 0.191. The second kappa shape index (κ2) is 6.44. The van der Waals surface area contributed by atoms with E-state index in [4.69, 9.17) is 4.43 Å². The van der Waals surface area contributed by atoms with Gasteiger partial charge in [0.15, 0.2) is 8.32 Å². The highest BCUT2D eigenvalue weighted by molar-refractivity contribution is 6.80. The molecule has 0 radical (unpaired) electrons. The number of aliphatic carboxylic acids is 1. The van der Waals surface area contributed by atoms with Gasteiger partial charge in [0.2, 0.25) is 0 Å². The van der Waals surface area contributed by atoms with Crippen LogP contribution in [0.25, 0.3) is 0 Å². The van der Waals surface area contributed by atoms with Crippen molar-refractivity contribution in [3.63, 3.8) is 0 Å². The van der Waals surface area contributed by atoms with Gasteiger partial charge in [-0.05, 0) is 19.6 Å². The van der Waals surface area contributed by atoms with Crippen LogP contribution >= 0.6 is 0 Å². The number of nitrogens with zero attached hydrogens (tertiary/aromatic N) is 2. The van der Waals surface area contributed by atoms with Crippen molar-refractivity contribution in [3.8, 4) is 0 Å². The van der Waals surface area contributed by atoms with Gasteiger partial charge in [-0.2, -0.15) is 0 Å². The van der Waals surface area contributed by atoms with Crippen LogP contribution in [0, 0.1) is 4.91 Å². The van der Waals surface area contributed by atoms with Crippen molar-refractivity contribution in [2.45, 2.75) is 44.9 Å². The highest BCUT2D eigenvalue weighted by atomic mass is 28.4. The zero-order valence-corrected chi connectivity index (χ0v) is 14.0. The number of carbonyl (C=O) groups is 1. The highest BCUT2D eigenvalue weighted by Crippen LogP contribution is 2.15. The maximum absolute atomic E-state index is 11.2. The largest absolute Gasteiger partial charge is 0.548 e. The van der Waals surface area contributed by atoms with Gasteiger partial charge in [-0.1, -0.05) is 19.6 Å². The fourth-order valence-corrected chi connectivity index (χ4v) is 4.07. The van der Waals surface area contributed by atoms with Crippen LogP contribution in [-0.4, -0.2) is 46.2 Å². The van der Waals surface area contributed by atoms with Crippen molar-refractivity contribution in [3.05, 3.63) is 4.91 Å². The number of carboxylic acid groups (broad SMARTS) is 1. The summed E-state index contributed by atoms with van der Waals surface area (Å²) in [5.41, 5.74) is -0.916. The molecule has 0 aliphatic carbocycles. The van der Waals surface area contributed by atoms with Gasteiger partial charge in [0.05, 0.1) is 38.1 Å². The van der Waals surface area contributed by atoms with Gasteiger partial charge in [-0.25, -0.2) is 0 Å². The highest BCUT2D eigenvalue weighted by Gasteiger charge is 2.34. The standard InChI is InChI=1S/C10H24N2O4Si2/c1-17(2,3)9(10(13)14)12(11-15)7-8-16-18(4,5)6/h9H,7-8H2,1-6H3,(H,13,14)/p-1. The normalized spacial score (nSPS) is 14.1. The van der Waals surface area contributed by atoms with Crippen LogP contribution in [0.5, 0.6) is 0 Å². The lowest BCUT2D eigenvalue weighted by molar-refractivity contribution is -0.308. The van der Waals surface area contributed by atoms with E-state index in [0.29, 0.717) is 6.61 Å². The molecule has 0 heterocycles. The van der Waals surface area contributed by atoms with Gasteiger partial charge >= 0.3 is 0 Å². The molecule has 0 fully saturated rings. The average molecular weight is 291 g/mol. The topological polar surface area (TPSA) is 82.0 Å². The number of hydrogen-bond acceptors (Lipinski definition) is 5. The summed E-state index contributed by atoms with van der Waals surface area (Å²) in [4.78, 5) is 22.0. The van der Waals surface area contributed by atoms with Crippen molar-refractivity contribution in [1.82, 2.24) is 5.01 Å². The molecule has 0 rings (SSSR count). The Hall–Kier alpha value is -0.736. The van der Waals surface area contributed by atoms with Gasteiger partial charge in [-0.3, -0.25) is 5.01 Å². The summed E-state index contributed by atoms with van der Waals surface area (Å²) in [5, 5.41) is 15.0. The maximum atomic E-state index is 11.2. The van der Waals surface area contributed by atoms with Crippen molar-refractivity contribution >= 4 is 22.4 Å². The predicted molar refractivity (Wildman–Crippen MR) is 73.9 cm³/mol. The summed E-state index contributed by atoms with van der Waals surface area (Å²) in [7, 11) is -3.77. The number of carbonyl (C=O) groups excluding carboxylic acids is 1. The van der Waals surface area contributed by atoms with E-state index in [2.05, 4.69) is 5.29 Å². The minimum atomic E-state index is -2.10. The van der Waals surface area contributed by atoms with E-state index < -0.39 is 28.0 Å². The molecule has 0 aromatic rings. The summed E-state index contributed by atoms with van der Waals surface area (Å²) in [6.07, 6.45) is 0. The Kier molecular flexibility index (Phi) is 6.17. The maximum Gasteiger partial charge on any atom is 0.183 e. The predicted octanol–water partition coefficient (Wildman–Crippen LogP) is 0.817. The third-order valence-electron chi connectivity index (χ3n) is 2.30. The summed E-state index contributed by atoms with van der Waals surface area (Å²) >= 11 is 0. The second-order valence-electron chi connectivity index (χ2n) is 6.29. The molecule has 0 aromatic carbocycles. The lowest BCUT2D eigenvalue weighted by Gasteiger charge is -2.36. The molecule has 106 valence electrons. The van der Waals surface area contributed by atoms with Gasteiger partial charge < -0.3 is 14.3 Å². The fourth-order valence-electron chi connectivity index (χ4n) is 1.58. The lowest BCUT2D eigenvalue weighted by atomic mass is 10.5. The summed E-state index contributed by atoms with van der Waals surface area (Å²) < 4.78 is 5.60. The van der Waals surface area contributed by atoms with E-state index >= 15 is 0 Å². The van der Waals surface area contributed by atoms with Crippen molar-refractivity contribution in [1.29, 1.82) is 0 Å². The Balaban J connectivity index is 4.64. The van der Waals surface area contributed by atoms with E-state index in [1.807, 2.05) is 39.3 Å². The van der Waals surface area contributed by atoms with E-state index in [1.165, 1.54) is 0 Å². The average Bonchev–Trinajstić information content (AvgIpc) is 2.11. The van der Waals surface area contributed by atoms with Crippen molar-refractivity contribution < 1.29 is 14.3 Å². The van der Waals surface area contributed by atoms with E-state index in [9.17, 15) is 14.8 Å². The number of rotatable bonds is 8. The quantitative estimate of drug-likeness (QED) is 0.375. The molecule has 0 aliphatic rings. The molecule has 0 aromatic heterocycles. The van der Waals surface area contributed by atoms with E-state index in [0.717, 1.165) is 5.01 Å². The van der Waals surface area contributed by atoms with E-state index in [1.54, 1.807) is 0 Å². The summed E-state index contributed by atoms with van der Waals surface area (Å²) in [5.74, 6) is -1.23. The number of hydrogen-bond donors (Lipinski definition) is 0. The molecule has 0 N–H and O–H groups in total. The first-order valence-corrected chi connectivity index (χ1v) is 12.9. The zero-order valence-electron chi connectivity index (χ0n) is 12.0. The molecule has 0 amide bonds. The number of carboxylic acids is 1. The summed E-state index contributed by atoms with van der Waals surface area (Å²) in [6.45, 7) is 12.2. The van der Waals surface area contributed by atoms with Crippen LogP contribution in [-0.2, 0) is 9.22 Å². The van der Waals surface area contributed by atoms with Gasteiger partial charge in [0.25, 0.3) is 0 Å². The molecule has 0 saturated heterocycles. The molecule has 0 aliphatic heterocycles.